The van der Waals surface area contributed by atoms with Gasteiger partial charge < -0.3 is 11.1 Å². The molecule has 1 aromatic heterocycles. The van der Waals surface area contributed by atoms with Crippen molar-refractivity contribution in [1.29, 1.82) is 0 Å². The second-order valence-corrected chi connectivity index (χ2v) is 13.3. The lowest BCUT2D eigenvalue weighted by atomic mass is 9.83. The van der Waals surface area contributed by atoms with Crippen molar-refractivity contribution in [3.05, 3.63) is 223 Å². The van der Waals surface area contributed by atoms with E-state index >= 15 is 0 Å². The first-order chi connectivity index (χ1) is 27.3. The molecule has 278 valence electrons. The van der Waals surface area contributed by atoms with Crippen LogP contribution in [0.3, 0.4) is 0 Å². The van der Waals surface area contributed by atoms with Gasteiger partial charge in [-0.3, -0.25) is 4.99 Å². The molecule has 4 nitrogen and oxygen atoms in total. The van der Waals surface area contributed by atoms with Gasteiger partial charge in [-0.1, -0.05) is 155 Å². The second-order valence-electron chi connectivity index (χ2n) is 13.3. The molecule has 0 amide bonds. The number of nitrogen functional groups attached to an aromatic ring is 1. The van der Waals surface area contributed by atoms with E-state index in [0.717, 1.165) is 67.3 Å². The molecule has 0 fully saturated rings. The molecule has 0 unspecified atom stereocenters. The van der Waals surface area contributed by atoms with Crippen molar-refractivity contribution in [2.75, 3.05) is 5.73 Å². The van der Waals surface area contributed by atoms with Crippen molar-refractivity contribution < 1.29 is 0 Å². The van der Waals surface area contributed by atoms with Gasteiger partial charge in [0.15, 0.2) is 0 Å². The van der Waals surface area contributed by atoms with Crippen LogP contribution in [0.5, 0.6) is 0 Å². The average molecular weight is 731 g/mol. The van der Waals surface area contributed by atoms with Crippen LogP contribution >= 0.6 is 0 Å². The molecule has 1 aliphatic heterocycles. The fraction of sp³-hybridized carbons (Fsp3) is 0.0769. The molecule has 0 aliphatic carbocycles. The number of benzene rings is 4. The minimum atomic E-state index is 0.264. The smallest absolute Gasteiger partial charge is 0.0715 e. The number of aliphatic imine (C=N–C) groups is 1. The average Bonchev–Trinajstić information content (AvgIpc) is 3.40. The Hall–Kier alpha value is -7.04. The van der Waals surface area contributed by atoms with E-state index in [-0.39, 0.29) is 5.92 Å². The maximum Gasteiger partial charge on any atom is 0.0715 e. The fourth-order valence-electron chi connectivity index (χ4n) is 6.64. The Labute approximate surface area is 333 Å². The fourth-order valence-corrected chi connectivity index (χ4v) is 6.64. The van der Waals surface area contributed by atoms with Crippen LogP contribution < -0.4 is 11.1 Å². The molecule has 4 heteroatoms. The van der Waals surface area contributed by atoms with Crippen LogP contribution in [0.4, 0.5) is 5.69 Å². The molecule has 6 rings (SSSR count). The molecule has 1 aliphatic rings. The van der Waals surface area contributed by atoms with Crippen molar-refractivity contribution in [3.63, 3.8) is 0 Å². The normalized spacial score (nSPS) is 13.1. The van der Waals surface area contributed by atoms with Crippen LogP contribution in [-0.2, 0) is 0 Å². The largest absolute Gasteiger partial charge is 0.399 e. The van der Waals surface area contributed by atoms with Crippen molar-refractivity contribution in [1.82, 2.24) is 10.3 Å². The van der Waals surface area contributed by atoms with Gasteiger partial charge in [0, 0.05) is 35.6 Å². The van der Waals surface area contributed by atoms with E-state index in [1.165, 1.54) is 16.3 Å². The number of nitrogens with two attached hydrogens (primary N) is 1. The molecule has 3 N–H and O–H groups in total. The SMILES string of the molecule is C=C/C=C(\C=C)c1cc(-c2ccccc2)cc(/C=C/C=C/NC2=C(c3ccc4c(C=C)c(/C=C\C)ccc4c3C(C)C)C(=C)C=NC=C2)n1.Nc1ccccc1. The number of aromatic nitrogens is 1. The Bertz CT molecular complexity index is 2430. The van der Waals surface area contributed by atoms with Gasteiger partial charge in [0.05, 0.1) is 11.4 Å². The van der Waals surface area contributed by atoms with E-state index in [4.69, 9.17) is 10.7 Å². The lowest BCUT2D eigenvalue weighted by Gasteiger charge is -2.22. The van der Waals surface area contributed by atoms with Gasteiger partial charge in [-0.25, -0.2) is 4.98 Å². The molecule has 2 heterocycles. The summed E-state index contributed by atoms with van der Waals surface area (Å²) >= 11 is 0. The van der Waals surface area contributed by atoms with Gasteiger partial charge >= 0.3 is 0 Å². The highest BCUT2D eigenvalue weighted by molar-refractivity contribution is 6.06. The highest BCUT2D eigenvalue weighted by atomic mass is 14.9. The number of pyridine rings is 1. The first-order valence-electron chi connectivity index (χ1n) is 18.7. The van der Waals surface area contributed by atoms with Crippen LogP contribution in [0.25, 0.3) is 51.3 Å². The van der Waals surface area contributed by atoms with Gasteiger partial charge in [-0.15, -0.1) is 0 Å². The molecule has 56 heavy (non-hydrogen) atoms. The molecule has 0 atom stereocenters. The number of anilines is 1. The maximum atomic E-state index is 5.36. The summed E-state index contributed by atoms with van der Waals surface area (Å²) in [6.07, 6.45) is 25.1. The molecule has 0 radical (unpaired) electrons. The predicted octanol–water partition coefficient (Wildman–Crippen LogP) is 13.4. The van der Waals surface area contributed by atoms with Gasteiger partial charge in [-0.05, 0) is 111 Å². The summed E-state index contributed by atoms with van der Waals surface area (Å²) in [7, 11) is 0. The Kier molecular flexibility index (Phi) is 14.2. The summed E-state index contributed by atoms with van der Waals surface area (Å²) < 4.78 is 0. The molecule has 0 bridgehead atoms. The van der Waals surface area contributed by atoms with E-state index in [1.807, 2.05) is 104 Å². The van der Waals surface area contributed by atoms with Crippen LogP contribution in [0.2, 0.25) is 0 Å². The van der Waals surface area contributed by atoms with Crippen molar-refractivity contribution >= 4 is 52.0 Å². The van der Waals surface area contributed by atoms with Gasteiger partial charge in [0.2, 0.25) is 0 Å². The maximum absolute atomic E-state index is 5.36. The molecule has 0 saturated carbocycles. The monoisotopic (exact) mass is 730 g/mol. The number of hydrogen-bond acceptors (Lipinski definition) is 4. The summed E-state index contributed by atoms with van der Waals surface area (Å²) in [5.74, 6) is 0.264. The number of para-hydroxylation sites is 1. The third-order valence-corrected chi connectivity index (χ3v) is 9.14. The minimum Gasteiger partial charge on any atom is -0.399 e. The lowest BCUT2D eigenvalue weighted by Crippen LogP contribution is -2.09. The van der Waals surface area contributed by atoms with E-state index in [2.05, 4.69) is 111 Å². The zero-order valence-corrected chi connectivity index (χ0v) is 32.6. The van der Waals surface area contributed by atoms with Gasteiger partial charge in [-0.2, -0.15) is 0 Å². The number of rotatable bonds is 12. The summed E-state index contributed by atoms with van der Waals surface area (Å²) in [6.45, 7) is 22.9. The molecule has 5 aromatic rings. The summed E-state index contributed by atoms with van der Waals surface area (Å²) in [4.78, 5) is 9.36. The molecular formula is C52H50N4. The first-order valence-corrected chi connectivity index (χ1v) is 18.7. The van der Waals surface area contributed by atoms with Crippen LogP contribution in [0.15, 0.2) is 195 Å². The first kappa shape index (κ1) is 40.2. The Morgan fingerprint density at radius 3 is 2.20 bits per heavy atom. The Morgan fingerprint density at radius 1 is 0.821 bits per heavy atom. The quantitative estimate of drug-likeness (QED) is 0.0992. The van der Waals surface area contributed by atoms with E-state index in [0.29, 0.717) is 0 Å². The lowest BCUT2D eigenvalue weighted by molar-refractivity contribution is 0.872. The molecule has 4 aromatic carbocycles. The summed E-state index contributed by atoms with van der Waals surface area (Å²) in [5, 5.41) is 5.93. The third-order valence-electron chi connectivity index (χ3n) is 9.14. The zero-order valence-electron chi connectivity index (χ0n) is 32.6. The number of allylic oxidation sites excluding steroid dienone is 10. The van der Waals surface area contributed by atoms with E-state index in [9.17, 15) is 0 Å². The predicted molar refractivity (Wildman–Crippen MR) is 247 cm³/mol. The highest BCUT2D eigenvalue weighted by Gasteiger charge is 2.20. The number of hydrogen-bond donors (Lipinski definition) is 2. The summed E-state index contributed by atoms with van der Waals surface area (Å²) in [5.41, 5.74) is 18.4. The molecule has 0 spiro atoms. The van der Waals surface area contributed by atoms with Crippen LogP contribution in [0, 0.1) is 0 Å². The summed E-state index contributed by atoms with van der Waals surface area (Å²) in [6, 6.07) is 32.8. The number of fused-ring (bicyclic) bond motifs is 1. The standard InChI is InChI=1S/C46H43N3.C6H7N/c1-8-17-34(10-3)44-30-37(35-19-13-12-14-20-35)29-38(49-44)21-15-16-27-48-43-26-28-47-31-33(7)46(43)42-25-24-40-39(11-4)36(18-9-2)22-23-41(40)45(42)32(5)6;7-6-4-2-1-3-5-6/h8-32,48H,1,3-4,7H2,2,5-6H3;1-5H,7H2/b18-9-,21-15+,27-16+,34-17+;. The van der Waals surface area contributed by atoms with E-state index in [1.54, 1.807) is 18.4 Å². The van der Waals surface area contributed by atoms with E-state index < -0.39 is 0 Å². The zero-order chi connectivity index (χ0) is 39.9. The molecular weight excluding hydrogens is 681 g/mol. The second kappa shape index (κ2) is 19.9. The van der Waals surface area contributed by atoms with Crippen LogP contribution in [-0.4, -0.2) is 11.2 Å². The van der Waals surface area contributed by atoms with Gasteiger partial charge in [0.25, 0.3) is 0 Å². The van der Waals surface area contributed by atoms with Crippen LogP contribution in [0.1, 0.15) is 60.3 Å². The van der Waals surface area contributed by atoms with Crippen molar-refractivity contribution in [3.8, 4) is 11.1 Å². The van der Waals surface area contributed by atoms with Crippen molar-refractivity contribution in [2.45, 2.75) is 26.7 Å². The number of nitrogens with zero attached hydrogens (tertiary/aromatic N) is 2. The van der Waals surface area contributed by atoms with Crippen molar-refractivity contribution in [2.24, 2.45) is 4.99 Å². The third kappa shape index (κ3) is 9.93. The topological polar surface area (TPSA) is 63.3 Å². The Morgan fingerprint density at radius 2 is 1.55 bits per heavy atom. The van der Waals surface area contributed by atoms with Gasteiger partial charge in [0.1, 0.15) is 0 Å². The molecule has 0 saturated heterocycles. The Balaban J connectivity index is 0.000000771. The number of nitrogens with one attached hydrogen (secondary N) is 1. The highest BCUT2D eigenvalue weighted by Crippen LogP contribution is 2.39. The minimum absolute atomic E-state index is 0.264.